The van der Waals surface area contributed by atoms with Crippen LogP contribution in [0.2, 0.25) is 0 Å². The number of halogens is 3. The molecule has 0 unspecified atom stereocenters. The summed E-state index contributed by atoms with van der Waals surface area (Å²) in [4.78, 5) is 11.8. The first-order valence-corrected chi connectivity index (χ1v) is 4.19. The number of ketones is 1. The van der Waals surface area contributed by atoms with Gasteiger partial charge in [-0.1, -0.05) is 0 Å². The van der Waals surface area contributed by atoms with Gasteiger partial charge in [-0.2, -0.15) is 13.2 Å². The van der Waals surface area contributed by atoms with Crippen LogP contribution in [0.3, 0.4) is 0 Å². The van der Waals surface area contributed by atoms with E-state index < -0.39 is 23.1 Å². The lowest BCUT2D eigenvalue weighted by Gasteiger charge is -2.10. The lowest BCUT2D eigenvalue weighted by molar-refractivity contribution is -0.113. The SMILES string of the molecule is CC(=O)C(=CN(C)C)SC(F)(F)F. The largest absolute Gasteiger partial charge is 0.446 e. The highest BCUT2D eigenvalue weighted by Crippen LogP contribution is 2.36. The van der Waals surface area contributed by atoms with Gasteiger partial charge >= 0.3 is 5.51 Å². The molecule has 0 radical (unpaired) electrons. The smallest absolute Gasteiger partial charge is 0.382 e. The van der Waals surface area contributed by atoms with E-state index in [1.807, 2.05) is 0 Å². The lowest BCUT2D eigenvalue weighted by Crippen LogP contribution is -2.09. The van der Waals surface area contributed by atoms with Crippen LogP contribution in [-0.2, 0) is 4.79 Å². The molecule has 0 bridgehead atoms. The van der Waals surface area contributed by atoms with Crippen molar-refractivity contribution >= 4 is 17.5 Å². The van der Waals surface area contributed by atoms with Crippen molar-refractivity contribution in [3.8, 4) is 0 Å². The van der Waals surface area contributed by atoms with Gasteiger partial charge in [0.05, 0.1) is 4.91 Å². The summed E-state index contributed by atoms with van der Waals surface area (Å²) >= 11 is -0.392. The maximum atomic E-state index is 11.9. The zero-order chi connectivity index (χ0) is 10.6. The molecule has 2 nitrogen and oxygen atoms in total. The Morgan fingerprint density at radius 2 is 1.85 bits per heavy atom. The second-order valence-electron chi connectivity index (χ2n) is 2.56. The van der Waals surface area contributed by atoms with Gasteiger partial charge in [0.2, 0.25) is 0 Å². The summed E-state index contributed by atoms with van der Waals surface area (Å²) in [5, 5.41) is 0. The van der Waals surface area contributed by atoms with Crippen molar-refractivity contribution in [2.45, 2.75) is 12.4 Å². The van der Waals surface area contributed by atoms with Crippen molar-refractivity contribution in [3.63, 3.8) is 0 Å². The number of carbonyl (C=O) groups is 1. The predicted octanol–water partition coefficient (Wildman–Crippen LogP) is 2.23. The van der Waals surface area contributed by atoms with Gasteiger partial charge in [0, 0.05) is 20.3 Å². The summed E-state index contributed by atoms with van der Waals surface area (Å²) in [7, 11) is 3.11. The van der Waals surface area contributed by atoms with Crippen LogP contribution in [0.25, 0.3) is 0 Å². The summed E-state index contributed by atoms with van der Waals surface area (Å²) < 4.78 is 35.6. The number of hydrogen-bond donors (Lipinski definition) is 0. The first-order chi connectivity index (χ1) is 5.72. The molecule has 0 aliphatic carbocycles. The van der Waals surface area contributed by atoms with E-state index in [-0.39, 0.29) is 4.91 Å². The molecule has 6 heteroatoms. The van der Waals surface area contributed by atoms with Gasteiger partial charge in [-0.3, -0.25) is 4.79 Å². The van der Waals surface area contributed by atoms with Gasteiger partial charge in [0.25, 0.3) is 0 Å². The summed E-state index contributed by atoms with van der Waals surface area (Å²) in [6, 6.07) is 0. The zero-order valence-corrected chi connectivity index (χ0v) is 8.29. The maximum Gasteiger partial charge on any atom is 0.446 e. The first-order valence-electron chi connectivity index (χ1n) is 3.37. The minimum atomic E-state index is -4.41. The molecule has 0 saturated heterocycles. The molecule has 0 aliphatic rings. The van der Waals surface area contributed by atoms with Crippen LogP contribution in [0.1, 0.15) is 6.92 Å². The fourth-order valence-corrected chi connectivity index (χ4v) is 1.20. The van der Waals surface area contributed by atoms with Crippen LogP contribution in [0.5, 0.6) is 0 Å². The number of carbonyl (C=O) groups excluding carboxylic acids is 1. The standard InChI is InChI=1S/C7H10F3NOS/c1-5(12)6(4-11(2)3)13-7(8,9)10/h4H,1-3H3. The second-order valence-corrected chi connectivity index (χ2v) is 3.67. The van der Waals surface area contributed by atoms with Gasteiger partial charge in [0.15, 0.2) is 5.78 Å². The Labute approximate surface area is 78.8 Å². The maximum absolute atomic E-state index is 11.9. The zero-order valence-electron chi connectivity index (χ0n) is 7.47. The van der Waals surface area contributed by atoms with E-state index in [2.05, 4.69) is 0 Å². The average molecular weight is 213 g/mol. The van der Waals surface area contributed by atoms with Gasteiger partial charge in [-0.15, -0.1) is 0 Å². The molecule has 0 aromatic carbocycles. The molecule has 0 N–H and O–H groups in total. The Kier molecular flexibility index (Phi) is 4.32. The van der Waals surface area contributed by atoms with Crippen molar-refractivity contribution in [2.24, 2.45) is 0 Å². The molecule has 0 aromatic rings. The Morgan fingerprint density at radius 1 is 1.38 bits per heavy atom. The number of rotatable bonds is 3. The monoisotopic (exact) mass is 213 g/mol. The number of nitrogens with zero attached hydrogens (tertiary/aromatic N) is 1. The summed E-state index contributed by atoms with van der Waals surface area (Å²) in [6.45, 7) is 1.11. The van der Waals surface area contributed by atoms with E-state index in [0.717, 1.165) is 13.1 Å². The van der Waals surface area contributed by atoms with Crippen molar-refractivity contribution < 1.29 is 18.0 Å². The number of allylic oxidation sites excluding steroid dienone is 1. The molecule has 0 saturated carbocycles. The highest BCUT2D eigenvalue weighted by atomic mass is 32.2. The second kappa shape index (κ2) is 4.55. The molecule has 0 amide bonds. The minimum absolute atomic E-state index is 0.308. The van der Waals surface area contributed by atoms with Gasteiger partial charge in [-0.05, 0) is 18.7 Å². The molecular weight excluding hydrogens is 203 g/mol. The van der Waals surface area contributed by atoms with E-state index in [9.17, 15) is 18.0 Å². The fourth-order valence-electron chi connectivity index (χ4n) is 0.548. The van der Waals surface area contributed by atoms with Gasteiger partial charge in [0.1, 0.15) is 0 Å². The van der Waals surface area contributed by atoms with Crippen molar-refractivity contribution in [1.82, 2.24) is 4.90 Å². The van der Waals surface area contributed by atoms with E-state index in [0.29, 0.717) is 0 Å². The van der Waals surface area contributed by atoms with Crippen molar-refractivity contribution in [2.75, 3.05) is 14.1 Å². The molecule has 0 fully saturated rings. The minimum Gasteiger partial charge on any atom is -0.382 e. The molecular formula is C7H10F3NOS. The molecule has 0 heterocycles. The third-order valence-corrected chi connectivity index (χ3v) is 1.79. The Balaban J connectivity index is 4.55. The number of thioether (sulfide) groups is 1. The first kappa shape index (κ1) is 12.3. The summed E-state index contributed by atoms with van der Waals surface area (Å²) in [5.41, 5.74) is -4.41. The molecule has 0 atom stereocenters. The van der Waals surface area contributed by atoms with Crippen LogP contribution >= 0.6 is 11.8 Å². The van der Waals surface area contributed by atoms with Crippen LogP contribution in [-0.4, -0.2) is 30.3 Å². The van der Waals surface area contributed by atoms with E-state index in [1.54, 1.807) is 14.1 Å². The van der Waals surface area contributed by atoms with Crippen molar-refractivity contribution in [3.05, 3.63) is 11.1 Å². The normalized spacial score (nSPS) is 12.9. The predicted molar refractivity (Wildman–Crippen MR) is 46.1 cm³/mol. The lowest BCUT2D eigenvalue weighted by atomic mass is 10.4. The van der Waals surface area contributed by atoms with Crippen LogP contribution in [0.4, 0.5) is 13.2 Å². The molecule has 0 rings (SSSR count). The highest BCUT2D eigenvalue weighted by Gasteiger charge is 2.31. The number of hydrogen-bond acceptors (Lipinski definition) is 3. The van der Waals surface area contributed by atoms with Gasteiger partial charge < -0.3 is 4.90 Å². The van der Waals surface area contributed by atoms with Crippen LogP contribution < -0.4 is 0 Å². The quantitative estimate of drug-likeness (QED) is 0.670. The van der Waals surface area contributed by atoms with Gasteiger partial charge in [-0.25, -0.2) is 0 Å². The summed E-state index contributed by atoms with van der Waals surface area (Å²) in [5.74, 6) is -0.587. The fraction of sp³-hybridized carbons (Fsp3) is 0.571. The Morgan fingerprint density at radius 3 is 2.08 bits per heavy atom. The summed E-state index contributed by atoms with van der Waals surface area (Å²) in [6.07, 6.45) is 1.15. The van der Waals surface area contributed by atoms with Crippen LogP contribution in [0.15, 0.2) is 11.1 Å². The number of alkyl halides is 3. The van der Waals surface area contributed by atoms with E-state index in [1.165, 1.54) is 4.90 Å². The van der Waals surface area contributed by atoms with Crippen molar-refractivity contribution in [1.29, 1.82) is 0 Å². The number of Topliss-reactive ketones (excluding diaryl/α,β-unsaturated/α-hetero) is 1. The topological polar surface area (TPSA) is 20.3 Å². The third-order valence-electron chi connectivity index (χ3n) is 0.948. The Hall–Kier alpha value is -0.650. The van der Waals surface area contributed by atoms with E-state index in [4.69, 9.17) is 0 Å². The molecule has 76 valence electrons. The van der Waals surface area contributed by atoms with Crippen LogP contribution in [0, 0.1) is 0 Å². The average Bonchev–Trinajstić information content (AvgIpc) is 1.81. The molecule has 0 aliphatic heterocycles. The Bertz CT molecular complexity index is 222. The molecule has 0 aromatic heterocycles. The van der Waals surface area contributed by atoms with E-state index >= 15 is 0 Å². The third kappa shape index (κ3) is 6.51. The molecule has 0 spiro atoms. The highest BCUT2D eigenvalue weighted by molar-refractivity contribution is 8.04. The molecule has 13 heavy (non-hydrogen) atoms.